The van der Waals surface area contributed by atoms with Crippen LogP contribution >= 0.6 is 0 Å². The van der Waals surface area contributed by atoms with Crippen molar-refractivity contribution < 1.29 is 0 Å². The molecule has 22 heavy (non-hydrogen) atoms. The second-order valence-electron chi connectivity index (χ2n) is 5.81. The lowest BCUT2D eigenvalue weighted by atomic mass is 10.0. The van der Waals surface area contributed by atoms with E-state index in [1.165, 1.54) is 11.1 Å². The lowest BCUT2D eigenvalue weighted by Gasteiger charge is -2.17. The number of aliphatic imine (C=N–C) groups is 1. The molecule has 0 aliphatic rings. The fourth-order valence-corrected chi connectivity index (χ4v) is 2.43. The van der Waals surface area contributed by atoms with Gasteiger partial charge in [0.2, 0.25) is 0 Å². The van der Waals surface area contributed by atoms with Crippen LogP contribution in [-0.2, 0) is 0 Å². The van der Waals surface area contributed by atoms with Crippen molar-refractivity contribution >= 4 is 17.9 Å². The van der Waals surface area contributed by atoms with Gasteiger partial charge in [-0.05, 0) is 44.9 Å². The summed E-state index contributed by atoms with van der Waals surface area (Å²) in [7, 11) is 1.86. The summed E-state index contributed by atoms with van der Waals surface area (Å²) in [6, 6.07) is 12.3. The van der Waals surface area contributed by atoms with E-state index in [1.807, 2.05) is 32.2 Å². The summed E-state index contributed by atoms with van der Waals surface area (Å²) >= 11 is 0. The van der Waals surface area contributed by atoms with Crippen LogP contribution < -0.4 is 0 Å². The quantitative estimate of drug-likeness (QED) is 0.655. The number of hydrogen-bond donors (Lipinski definition) is 1. The van der Waals surface area contributed by atoms with Gasteiger partial charge in [0.05, 0.1) is 12.0 Å². The van der Waals surface area contributed by atoms with Crippen LogP contribution in [0.25, 0.3) is 0 Å². The predicted octanol–water partition coefficient (Wildman–Crippen LogP) is 4.54. The summed E-state index contributed by atoms with van der Waals surface area (Å²) < 4.78 is 0. The van der Waals surface area contributed by atoms with Crippen molar-refractivity contribution in [2.45, 2.75) is 27.7 Å². The van der Waals surface area contributed by atoms with Gasteiger partial charge in [0.1, 0.15) is 5.84 Å². The molecule has 3 heteroatoms. The summed E-state index contributed by atoms with van der Waals surface area (Å²) in [5.41, 5.74) is 6.55. The van der Waals surface area contributed by atoms with Crippen LogP contribution in [-0.4, -0.2) is 24.1 Å². The Bertz CT molecular complexity index is 729. The molecular weight excluding hydrogens is 270 g/mol. The van der Waals surface area contributed by atoms with Crippen molar-refractivity contribution in [3.63, 3.8) is 0 Å². The van der Waals surface area contributed by atoms with Crippen LogP contribution in [0, 0.1) is 33.1 Å². The van der Waals surface area contributed by atoms with Gasteiger partial charge in [-0.15, -0.1) is 0 Å². The third-order valence-electron chi connectivity index (χ3n) is 3.71. The Balaban J connectivity index is 2.19. The monoisotopic (exact) mass is 293 g/mol. The van der Waals surface area contributed by atoms with E-state index in [1.54, 1.807) is 11.2 Å². The molecule has 2 aromatic carbocycles. The number of nitrogens with zero attached hydrogens (tertiary/aromatic N) is 2. The largest absolute Gasteiger partial charge is 0.320 e. The molecule has 0 heterocycles. The molecule has 0 saturated heterocycles. The van der Waals surface area contributed by atoms with Crippen molar-refractivity contribution in [3.8, 4) is 0 Å². The maximum atomic E-state index is 8.34. The van der Waals surface area contributed by atoms with Crippen LogP contribution in [0.1, 0.15) is 27.8 Å². The highest BCUT2D eigenvalue weighted by molar-refractivity contribution is 6.03. The molecule has 0 spiro atoms. The number of benzene rings is 2. The van der Waals surface area contributed by atoms with E-state index in [-0.39, 0.29) is 0 Å². The minimum atomic E-state index is 0.450. The fraction of sp³-hybridized carbons (Fsp3) is 0.263. The first-order valence-corrected chi connectivity index (χ1v) is 7.39. The zero-order valence-electron chi connectivity index (χ0n) is 13.9. The van der Waals surface area contributed by atoms with Gasteiger partial charge in [-0.3, -0.25) is 5.41 Å². The number of hydrogen-bond acceptors (Lipinski definition) is 2. The van der Waals surface area contributed by atoms with Gasteiger partial charge < -0.3 is 4.90 Å². The van der Waals surface area contributed by atoms with Crippen LogP contribution in [0.15, 0.2) is 41.4 Å². The molecule has 0 fully saturated rings. The van der Waals surface area contributed by atoms with Crippen LogP contribution in [0.3, 0.4) is 0 Å². The summed E-state index contributed by atoms with van der Waals surface area (Å²) in [4.78, 5) is 6.25. The van der Waals surface area contributed by atoms with Gasteiger partial charge in [-0.25, -0.2) is 4.99 Å². The second kappa shape index (κ2) is 6.56. The third-order valence-corrected chi connectivity index (χ3v) is 3.71. The molecule has 0 amide bonds. The first kappa shape index (κ1) is 16.0. The highest BCUT2D eigenvalue weighted by Crippen LogP contribution is 2.19. The SMILES string of the molecule is Cc1ccc(N=CN(C)C(=N)c2ccc(C)cc2C)c(C)c1. The summed E-state index contributed by atoms with van der Waals surface area (Å²) in [6.07, 6.45) is 1.71. The molecule has 0 bridgehead atoms. The first-order valence-electron chi connectivity index (χ1n) is 7.39. The summed E-state index contributed by atoms with van der Waals surface area (Å²) in [5, 5.41) is 8.34. The van der Waals surface area contributed by atoms with Crippen molar-refractivity contribution in [1.82, 2.24) is 4.90 Å². The van der Waals surface area contributed by atoms with E-state index < -0.39 is 0 Å². The van der Waals surface area contributed by atoms with Crippen molar-refractivity contribution in [3.05, 3.63) is 64.2 Å². The van der Waals surface area contributed by atoms with Crippen molar-refractivity contribution in [1.29, 1.82) is 5.41 Å². The number of nitrogens with one attached hydrogen (secondary N) is 1. The zero-order chi connectivity index (χ0) is 16.3. The average molecular weight is 293 g/mol. The molecule has 2 aromatic rings. The van der Waals surface area contributed by atoms with Crippen molar-refractivity contribution in [2.24, 2.45) is 4.99 Å². The molecule has 0 aromatic heterocycles. The Kier molecular flexibility index (Phi) is 4.76. The molecule has 0 radical (unpaired) electrons. The molecule has 1 N–H and O–H groups in total. The van der Waals surface area contributed by atoms with Crippen LogP contribution in [0.2, 0.25) is 0 Å². The molecule has 0 aliphatic heterocycles. The molecule has 2 rings (SSSR count). The number of amidine groups is 1. The van der Waals surface area contributed by atoms with E-state index in [0.717, 1.165) is 22.4 Å². The Morgan fingerprint density at radius 3 is 2.14 bits per heavy atom. The average Bonchev–Trinajstić information content (AvgIpc) is 2.45. The molecule has 0 atom stereocenters. The lowest BCUT2D eigenvalue weighted by molar-refractivity contribution is 0.769. The third kappa shape index (κ3) is 3.61. The van der Waals surface area contributed by atoms with Gasteiger partial charge in [0.25, 0.3) is 0 Å². The van der Waals surface area contributed by atoms with Crippen LogP contribution in [0.5, 0.6) is 0 Å². The smallest absolute Gasteiger partial charge is 0.133 e. The van der Waals surface area contributed by atoms with E-state index >= 15 is 0 Å². The van der Waals surface area contributed by atoms with E-state index in [9.17, 15) is 0 Å². The van der Waals surface area contributed by atoms with Gasteiger partial charge in [0, 0.05) is 12.6 Å². The maximum absolute atomic E-state index is 8.34. The molecular formula is C19H23N3. The molecule has 3 nitrogen and oxygen atoms in total. The fourth-order valence-electron chi connectivity index (χ4n) is 2.43. The topological polar surface area (TPSA) is 39.5 Å². The molecule has 0 aliphatic carbocycles. The molecule has 0 unspecified atom stereocenters. The Hall–Kier alpha value is -2.42. The first-order chi connectivity index (χ1) is 10.4. The van der Waals surface area contributed by atoms with E-state index in [2.05, 4.69) is 44.0 Å². The lowest BCUT2D eigenvalue weighted by Crippen LogP contribution is -2.25. The maximum Gasteiger partial charge on any atom is 0.133 e. The van der Waals surface area contributed by atoms with Gasteiger partial charge in [-0.1, -0.05) is 41.5 Å². The number of aryl methyl sites for hydroxylation is 4. The van der Waals surface area contributed by atoms with Crippen LogP contribution in [0.4, 0.5) is 5.69 Å². The Morgan fingerprint density at radius 1 is 0.955 bits per heavy atom. The van der Waals surface area contributed by atoms with Gasteiger partial charge >= 0.3 is 0 Å². The summed E-state index contributed by atoms with van der Waals surface area (Å²) in [6.45, 7) is 8.22. The molecule has 0 saturated carbocycles. The zero-order valence-corrected chi connectivity index (χ0v) is 13.9. The summed E-state index contributed by atoms with van der Waals surface area (Å²) in [5.74, 6) is 0.450. The minimum Gasteiger partial charge on any atom is -0.320 e. The minimum absolute atomic E-state index is 0.450. The Labute approximate surface area is 132 Å². The highest BCUT2D eigenvalue weighted by atomic mass is 15.2. The predicted molar refractivity (Wildman–Crippen MR) is 94.6 cm³/mol. The normalized spacial score (nSPS) is 11.0. The van der Waals surface area contributed by atoms with E-state index in [0.29, 0.717) is 5.84 Å². The molecule has 114 valence electrons. The van der Waals surface area contributed by atoms with Gasteiger partial charge in [-0.2, -0.15) is 0 Å². The Morgan fingerprint density at radius 2 is 1.55 bits per heavy atom. The second-order valence-corrected chi connectivity index (χ2v) is 5.81. The standard InChI is InChI=1S/C19H23N3/c1-13-6-8-17(15(3)10-13)19(20)22(5)12-21-18-9-7-14(2)11-16(18)4/h6-12,20H,1-5H3. The highest BCUT2D eigenvalue weighted by Gasteiger charge is 2.08. The van der Waals surface area contributed by atoms with Gasteiger partial charge in [0.15, 0.2) is 0 Å². The number of rotatable bonds is 3. The van der Waals surface area contributed by atoms with Crippen molar-refractivity contribution in [2.75, 3.05) is 7.05 Å². The van der Waals surface area contributed by atoms with E-state index in [4.69, 9.17) is 5.41 Å².